The lowest BCUT2D eigenvalue weighted by Gasteiger charge is -2.15. The molecule has 0 saturated heterocycles. The molecule has 20 heavy (non-hydrogen) atoms. The van der Waals surface area contributed by atoms with Gasteiger partial charge in [0.1, 0.15) is 0 Å². The highest BCUT2D eigenvalue weighted by Crippen LogP contribution is 2.28. The van der Waals surface area contributed by atoms with Crippen LogP contribution < -0.4 is 10.6 Å². The van der Waals surface area contributed by atoms with Crippen LogP contribution in [-0.2, 0) is 6.54 Å². The average molecular weight is 387 g/mol. The van der Waals surface area contributed by atoms with Crippen molar-refractivity contribution in [2.24, 2.45) is 10.9 Å². The van der Waals surface area contributed by atoms with E-state index in [1.54, 1.807) is 0 Å². The maximum absolute atomic E-state index is 4.29. The normalized spacial score (nSPS) is 21.1. The van der Waals surface area contributed by atoms with E-state index >= 15 is 0 Å². The van der Waals surface area contributed by atoms with Crippen LogP contribution in [0.2, 0.25) is 0 Å². The fourth-order valence-corrected chi connectivity index (χ4v) is 2.55. The minimum Gasteiger partial charge on any atom is -0.353 e. The van der Waals surface area contributed by atoms with Crippen molar-refractivity contribution in [3.63, 3.8) is 0 Å². The van der Waals surface area contributed by atoms with Crippen molar-refractivity contribution in [3.05, 3.63) is 34.4 Å². The Labute approximate surface area is 139 Å². The van der Waals surface area contributed by atoms with Crippen molar-refractivity contribution in [1.29, 1.82) is 0 Å². The van der Waals surface area contributed by atoms with Crippen LogP contribution in [-0.4, -0.2) is 19.0 Å². The van der Waals surface area contributed by atoms with Crippen molar-refractivity contribution in [3.8, 4) is 0 Å². The lowest BCUT2D eigenvalue weighted by Crippen LogP contribution is -2.38. The summed E-state index contributed by atoms with van der Waals surface area (Å²) in [6, 6.07) is 5.08. The second kappa shape index (κ2) is 7.29. The van der Waals surface area contributed by atoms with E-state index in [0.29, 0.717) is 6.04 Å². The van der Waals surface area contributed by atoms with Crippen LogP contribution in [0.25, 0.3) is 0 Å². The summed E-state index contributed by atoms with van der Waals surface area (Å²) in [6.45, 7) is 9.59. The quantitative estimate of drug-likeness (QED) is 0.474. The molecule has 1 aromatic carbocycles. The fourth-order valence-electron chi connectivity index (χ4n) is 2.55. The number of hydrogen-bond acceptors (Lipinski definition) is 1. The van der Waals surface area contributed by atoms with E-state index in [2.05, 4.69) is 55.5 Å². The van der Waals surface area contributed by atoms with E-state index in [-0.39, 0.29) is 24.0 Å². The molecule has 0 aliphatic heterocycles. The summed E-state index contributed by atoms with van der Waals surface area (Å²) >= 11 is 0. The van der Waals surface area contributed by atoms with E-state index in [1.807, 2.05) is 7.05 Å². The van der Waals surface area contributed by atoms with E-state index in [9.17, 15) is 0 Å². The summed E-state index contributed by atoms with van der Waals surface area (Å²) in [6.07, 6.45) is 1.25. The summed E-state index contributed by atoms with van der Waals surface area (Å²) < 4.78 is 0. The minimum absolute atomic E-state index is 0. The SMILES string of the molecule is CN=C(NCc1c(C)cc(C)cc1C)NC1CC1C.I. The van der Waals surface area contributed by atoms with Crippen LogP contribution in [0.3, 0.4) is 0 Å². The van der Waals surface area contributed by atoms with Crippen LogP contribution in [0, 0.1) is 26.7 Å². The molecule has 2 unspecified atom stereocenters. The minimum atomic E-state index is 0. The van der Waals surface area contributed by atoms with E-state index in [0.717, 1.165) is 18.4 Å². The molecule has 1 fully saturated rings. The zero-order valence-electron chi connectivity index (χ0n) is 13.1. The van der Waals surface area contributed by atoms with Gasteiger partial charge in [0.15, 0.2) is 5.96 Å². The first-order valence-corrected chi connectivity index (χ1v) is 7.05. The predicted octanol–water partition coefficient (Wildman–Crippen LogP) is 3.30. The highest BCUT2D eigenvalue weighted by molar-refractivity contribution is 14.0. The van der Waals surface area contributed by atoms with E-state index in [4.69, 9.17) is 0 Å². The Morgan fingerprint density at radius 2 is 1.80 bits per heavy atom. The number of guanidine groups is 1. The molecule has 0 spiro atoms. The second-order valence-electron chi connectivity index (χ2n) is 5.77. The van der Waals surface area contributed by atoms with Crippen LogP contribution in [0.5, 0.6) is 0 Å². The zero-order valence-corrected chi connectivity index (χ0v) is 15.4. The molecule has 2 atom stereocenters. The van der Waals surface area contributed by atoms with Gasteiger partial charge in [0.05, 0.1) is 0 Å². The Morgan fingerprint density at radius 3 is 2.25 bits per heavy atom. The number of rotatable bonds is 3. The zero-order chi connectivity index (χ0) is 14.0. The monoisotopic (exact) mass is 387 g/mol. The Morgan fingerprint density at radius 1 is 1.25 bits per heavy atom. The maximum Gasteiger partial charge on any atom is 0.191 e. The number of aliphatic imine (C=N–C) groups is 1. The third-order valence-electron chi connectivity index (χ3n) is 3.93. The molecule has 0 radical (unpaired) electrons. The molecule has 3 nitrogen and oxygen atoms in total. The second-order valence-corrected chi connectivity index (χ2v) is 5.77. The van der Waals surface area contributed by atoms with Gasteiger partial charge in [-0.25, -0.2) is 0 Å². The average Bonchev–Trinajstić information content (AvgIpc) is 3.02. The van der Waals surface area contributed by atoms with Crippen molar-refractivity contribution in [2.45, 2.75) is 46.7 Å². The Bertz CT molecular complexity index is 473. The van der Waals surface area contributed by atoms with Gasteiger partial charge in [-0.3, -0.25) is 4.99 Å². The summed E-state index contributed by atoms with van der Waals surface area (Å²) in [7, 11) is 1.83. The fraction of sp³-hybridized carbons (Fsp3) is 0.562. The summed E-state index contributed by atoms with van der Waals surface area (Å²) in [5, 5.41) is 6.87. The highest BCUT2D eigenvalue weighted by atomic mass is 127. The summed E-state index contributed by atoms with van der Waals surface area (Å²) in [4.78, 5) is 4.29. The van der Waals surface area contributed by atoms with Gasteiger partial charge < -0.3 is 10.6 Å². The Balaban J connectivity index is 0.00000200. The van der Waals surface area contributed by atoms with Crippen LogP contribution >= 0.6 is 24.0 Å². The Kier molecular flexibility index (Phi) is 6.30. The van der Waals surface area contributed by atoms with Gasteiger partial charge in [0.2, 0.25) is 0 Å². The number of nitrogens with zero attached hydrogens (tertiary/aromatic N) is 1. The molecular weight excluding hydrogens is 361 g/mol. The smallest absolute Gasteiger partial charge is 0.191 e. The van der Waals surface area contributed by atoms with Gasteiger partial charge >= 0.3 is 0 Å². The van der Waals surface area contributed by atoms with Crippen LogP contribution in [0.4, 0.5) is 0 Å². The number of nitrogens with one attached hydrogen (secondary N) is 2. The number of hydrogen-bond donors (Lipinski definition) is 2. The lowest BCUT2D eigenvalue weighted by molar-refractivity contribution is 0.760. The van der Waals surface area contributed by atoms with Gasteiger partial charge in [-0.2, -0.15) is 0 Å². The molecule has 1 aliphatic rings. The number of halogens is 1. The van der Waals surface area contributed by atoms with Crippen molar-refractivity contribution in [1.82, 2.24) is 10.6 Å². The molecule has 112 valence electrons. The highest BCUT2D eigenvalue weighted by Gasteiger charge is 2.33. The standard InChI is InChI=1S/C16H25N3.HI/c1-10-6-11(2)14(12(3)7-10)9-18-16(17-5)19-15-8-13(15)4;/h6-7,13,15H,8-9H2,1-5H3,(H2,17,18,19);1H. The Hall–Kier alpha value is -0.780. The maximum atomic E-state index is 4.29. The third kappa shape index (κ3) is 4.36. The molecule has 2 N–H and O–H groups in total. The van der Waals surface area contributed by atoms with Crippen LogP contribution in [0.15, 0.2) is 17.1 Å². The van der Waals surface area contributed by atoms with E-state index < -0.39 is 0 Å². The van der Waals surface area contributed by atoms with Gasteiger partial charge in [0, 0.05) is 19.6 Å². The molecule has 4 heteroatoms. The van der Waals surface area contributed by atoms with Gasteiger partial charge in [0.25, 0.3) is 0 Å². The van der Waals surface area contributed by atoms with Gasteiger partial charge in [-0.15, -0.1) is 24.0 Å². The van der Waals surface area contributed by atoms with Crippen molar-refractivity contribution >= 4 is 29.9 Å². The molecular formula is C16H26IN3. The topological polar surface area (TPSA) is 36.4 Å². The molecule has 0 heterocycles. The molecule has 0 bridgehead atoms. The van der Waals surface area contributed by atoms with Gasteiger partial charge in [-0.1, -0.05) is 24.6 Å². The van der Waals surface area contributed by atoms with Gasteiger partial charge in [-0.05, 0) is 49.8 Å². The third-order valence-corrected chi connectivity index (χ3v) is 3.93. The first kappa shape index (κ1) is 17.3. The molecule has 0 aromatic heterocycles. The lowest BCUT2D eigenvalue weighted by atomic mass is 10.00. The number of benzene rings is 1. The molecule has 1 aliphatic carbocycles. The molecule has 1 aromatic rings. The number of aryl methyl sites for hydroxylation is 3. The first-order valence-electron chi connectivity index (χ1n) is 7.05. The molecule has 2 rings (SSSR count). The van der Waals surface area contributed by atoms with Crippen molar-refractivity contribution < 1.29 is 0 Å². The van der Waals surface area contributed by atoms with Crippen LogP contribution in [0.1, 0.15) is 35.6 Å². The molecule has 0 amide bonds. The van der Waals surface area contributed by atoms with Crippen molar-refractivity contribution in [2.75, 3.05) is 7.05 Å². The molecule has 1 saturated carbocycles. The van der Waals surface area contributed by atoms with E-state index in [1.165, 1.54) is 28.7 Å². The summed E-state index contributed by atoms with van der Waals surface area (Å²) in [5.74, 6) is 1.69. The first-order chi connectivity index (χ1) is 9.01. The summed E-state index contributed by atoms with van der Waals surface area (Å²) in [5.41, 5.74) is 5.39. The largest absolute Gasteiger partial charge is 0.353 e. The predicted molar refractivity (Wildman–Crippen MR) is 97.0 cm³/mol.